The van der Waals surface area contributed by atoms with Crippen LogP contribution in [0, 0.1) is 0 Å². The van der Waals surface area contributed by atoms with Gasteiger partial charge in [-0.1, -0.05) is 65.2 Å². The molecule has 0 aromatic rings. The van der Waals surface area contributed by atoms with E-state index in [9.17, 15) is 53.3 Å². The molecule has 0 amide bonds. The number of phosphoric ester groups is 3. The zero-order valence-corrected chi connectivity index (χ0v) is 29.0. The molecule has 0 spiro atoms. The van der Waals surface area contributed by atoms with Gasteiger partial charge < -0.3 is 49.3 Å². The maximum atomic E-state index is 12.8. The topological polar surface area (TPSA) is 303 Å². The summed E-state index contributed by atoms with van der Waals surface area (Å²) < 4.78 is 64.2. The maximum absolute atomic E-state index is 12.8. The van der Waals surface area contributed by atoms with Crippen molar-refractivity contribution >= 4 is 35.4 Å². The fraction of sp³-hybridized carbons (Fsp3) is 0.920. The van der Waals surface area contributed by atoms with Gasteiger partial charge >= 0.3 is 35.4 Å². The van der Waals surface area contributed by atoms with E-state index in [1.54, 1.807) is 0 Å². The minimum atomic E-state index is -5.57. The predicted octanol–water partition coefficient (Wildman–Crippen LogP) is 1.72. The Kier molecular flexibility index (Phi) is 20.1. The zero-order chi connectivity index (χ0) is 35.8. The summed E-state index contributed by atoms with van der Waals surface area (Å²) in [4.78, 5) is 71.6. The fourth-order valence-electron chi connectivity index (χ4n) is 4.58. The van der Waals surface area contributed by atoms with Crippen LogP contribution in [0.2, 0.25) is 0 Å². The van der Waals surface area contributed by atoms with Crippen LogP contribution in [0.1, 0.15) is 90.9 Å². The number of carbonyl (C=O) groups excluding carboxylic acids is 2. The van der Waals surface area contributed by atoms with Crippen LogP contribution in [0.4, 0.5) is 0 Å². The lowest BCUT2D eigenvalue weighted by Crippen LogP contribution is -2.65. The van der Waals surface area contributed by atoms with Crippen LogP contribution < -0.4 is 0 Å². The largest absolute Gasteiger partial charge is 0.472 e. The third-order valence-electron chi connectivity index (χ3n) is 6.91. The molecule has 278 valence electrons. The molecule has 1 rings (SSSR count). The first-order valence-electron chi connectivity index (χ1n) is 15.3. The molecule has 0 bridgehead atoms. The van der Waals surface area contributed by atoms with E-state index < -0.39 is 91.3 Å². The van der Waals surface area contributed by atoms with Gasteiger partial charge in [-0.2, -0.15) is 0 Å². The second-order valence-corrected chi connectivity index (χ2v) is 14.8. The Balaban J connectivity index is 2.98. The van der Waals surface area contributed by atoms with Crippen molar-refractivity contribution in [1.82, 2.24) is 0 Å². The average Bonchev–Trinajstić information content (AvgIpc) is 2.96. The third kappa shape index (κ3) is 18.6. The van der Waals surface area contributed by atoms with Gasteiger partial charge in [0, 0.05) is 12.8 Å². The first kappa shape index (κ1) is 44.2. The molecule has 47 heavy (non-hydrogen) atoms. The van der Waals surface area contributed by atoms with Crippen molar-refractivity contribution in [2.45, 2.75) is 134 Å². The van der Waals surface area contributed by atoms with Gasteiger partial charge in [0.15, 0.2) is 6.10 Å². The summed E-state index contributed by atoms with van der Waals surface area (Å²) in [6, 6.07) is 0. The summed E-state index contributed by atoms with van der Waals surface area (Å²) in [5.41, 5.74) is 0. The number of esters is 2. The number of hydrogen-bond donors (Lipinski definition) is 8. The summed E-state index contributed by atoms with van der Waals surface area (Å²) in [5, 5.41) is 31.4. The van der Waals surface area contributed by atoms with E-state index in [1.807, 2.05) is 13.8 Å². The molecule has 1 unspecified atom stereocenters. The summed E-state index contributed by atoms with van der Waals surface area (Å²) in [6.45, 7) is 2.59. The van der Waals surface area contributed by atoms with Crippen molar-refractivity contribution in [2.24, 2.45) is 0 Å². The number of carbonyl (C=O) groups is 2. The van der Waals surface area contributed by atoms with E-state index in [4.69, 9.17) is 28.3 Å². The molecule has 0 heterocycles. The smallest absolute Gasteiger partial charge is 0.462 e. The first-order chi connectivity index (χ1) is 21.8. The van der Waals surface area contributed by atoms with Crippen LogP contribution in [0.25, 0.3) is 0 Å². The highest BCUT2D eigenvalue weighted by atomic mass is 31.2. The van der Waals surface area contributed by atoms with Crippen molar-refractivity contribution in [3.63, 3.8) is 0 Å². The van der Waals surface area contributed by atoms with E-state index in [0.717, 1.165) is 51.4 Å². The lowest BCUT2D eigenvalue weighted by atomic mass is 9.85. The molecule has 1 saturated carbocycles. The highest BCUT2D eigenvalue weighted by Crippen LogP contribution is 2.51. The highest BCUT2D eigenvalue weighted by molar-refractivity contribution is 7.47. The molecule has 0 aliphatic heterocycles. The number of rotatable bonds is 24. The summed E-state index contributed by atoms with van der Waals surface area (Å²) in [5.74, 6) is -1.33. The standard InChI is InChI=1S/C25H49O19P3/c1-3-5-7-9-11-13-18(26)39-15-17(41-19(27)14-12-10-8-6-4-2)16-40-47(37,38)44-23-20(28)21(29)24(42-45(31,32)33)25(22(23)30)43-46(34,35)36/h17,20-25,28-30H,3-16H2,1-2H3,(H,37,38)(H2,31,32,33)(H2,34,35,36)/t17-,20-,21+,22+,23-,24-,25-/m1/s1. The van der Waals surface area contributed by atoms with E-state index in [1.165, 1.54) is 0 Å². The van der Waals surface area contributed by atoms with Crippen LogP contribution in [0.15, 0.2) is 0 Å². The van der Waals surface area contributed by atoms with Crippen LogP contribution in [-0.4, -0.2) is 108 Å². The van der Waals surface area contributed by atoms with E-state index in [2.05, 4.69) is 9.05 Å². The molecular weight excluding hydrogens is 697 g/mol. The zero-order valence-electron chi connectivity index (χ0n) is 26.4. The van der Waals surface area contributed by atoms with Crippen molar-refractivity contribution in [3.8, 4) is 0 Å². The van der Waals surface area contributed by atoms with Crippen LogP contribution >= 0.6 is 23.5 Å². The number of phosphoric acid groups is 3. The van der Waals surface area contributed by atoms with E-state index in [0.29, 0.717) is 12.8 Å². The third-order valence-corrected chi connectivity index (χ3v) is 8.94. The Labute approximate surface area is 272 Å². The Morgan fingerprint density at radius 1 is 0.596 bits per heavy atom. The number of ether oxygens (including phenoxy) is 2. The summed E-state index contributed by atoms with van der Waals surface area (Å²) in [7, 11) is -16.5. The number of unbranched alkanes of at least 4 members (excludes halogenated alkanes) is 8. The van der Waals surface area contributed by atoms with Crippen molar-refractivity contribution in [3.05, 3.63) is 0 Å². The lowest BCUT2D eigenvalue weighted by molar-refractivity contribution is -0.213. The molecule has 1 fully saturated rings. The molecule has 0 saturated heterocycles. The second-order valence-electron chi connectivity index (χ2n) is 11.1. The van der Waals surface area contributed by atoms with Crippen LogP contribution in [0.5, 0.6) is 0 Å². The Hall–Kier alpha value is -0.850. The van der Waals surface area contributed by atoms with Gasteiger partial charge in [-0.05, 0) is 12.8 Å². The average molecular weight is 747 g/mol. The molecule has 8 atom stereocenters. The second kappa shape index (κ2) is 21.4. The number of hydrogen-bond acceptors (Lipinski definition) is 14. The quantitative estimate of drug-likeness (QED) is 0.0396. The molecule has 1 aliphatic carbocycles. The van der Waals surface area contributed by atoms with Gasteiger partial charge in [0.1, 0.15) is 43.2 Å². The minimum absolute atomic E-state index is 0.00394. The molecule has 19 nitrogen and oxygen atoms in total. The monoisotopic (exact) mass is 746 g/mol. The van der Waals surface area contributed by atoms with E-state index >= 15 is 0 Å². The SMILES string of the molecule is CCCCCCCC(=O)OC[C@H](COP(=O)(O)O[C@@H]1[C@H](O)[C@H](O)[C@@H](OP(=O)(O)O)[C@H](OP(=O)(O)O)[C@H]1O)OC(=O)CCCCCCC. The molecule has 22 heteroatoms. The molecule has 8 N–H and O–H groups in total. The fourth-order valence-corrected chi connectivity index (χ4v) is 6.68. The molecule has 0 aromatic heterocycles. The van der Waals surface area contributed by atoms with Crippen molar-refractivity contribution < 1.29 is 90.6 Å². The van der Waals surface area contributed by atoms with Gasteiger partial charge in [0.05, 0.1) is 6.61 Å². The molecular formula is C25H49O19P3. The van der Waals surface area contributed by atoms with Gasteiger partial charge in [0.2, 0.25) is 0 Å². The molecule has 1 aliphatic rings. The summed E-state index contributed by atoms with van der Waals surface area (Å²) in [6.07, 6.45) is -7.79. The molecule has 0 radical (unpaired) electrons. The Morgan fingerprint density at radius 2 is 1.04 bits per heavy atom. The number of aliphatic hydroxyl groups excluding tert-OH is 3. The minimum Gasteiger partial charge on any atom is -0.462 e. The van der Waals surface area contributed by atoms with Gasteiger partial charge in [-0.25, -0.2) is 13.7 Å². The van der Waals surface area contributed by atoms with Crippen molar-refractivity contribution in [1.29, 1.82) is 0 Å². The van der Waals surface area contributed by atoms with Gasteiger partial charge in [0.25, 0.3) is 0 Å². The molecule has 0 aromatic carbocycles. The maximum Gasteiger partial charge on any atom is 0.472 e. The van der Waals surface area contributed by atoms with Crippen LogP contribution in [-0.2, 0) is 50.9 Å². The highest BCUT2D eigenvalue weighted by Gasteiger charge is 2.56. The lowest BCUT2D eigenvalue weighted by Gasteiger charge is -2.44. The number of aliphatic hydroxyl groups is 3. The first-order valence-corrected chi connectivity index (χ1v) is 19.9. The van der Waals surface area contributed by atoms with Gasteiger partial charge in [-0.15, -0.1) is 0 Å². The van der Waals surface area contributed by atoms with Crippen LogP contribution in [0.3, 0.4) is 0 Å². The Bertz CT molecular complexity index is 1080. The Morgan fingerprint density at radius 3 is 1.53 bits per heavy atom. The predicted molar refractivity (Wildman–Crippen MR) is 160 cm³/mol. The van der Waals surface area contributed by atoms with Gasteiger partial charge in [-0.3, -0.25) is 27.7 Å². The normalized spacial score (nSPS) is 25.6. The van der Waals surface area contributed by atoms with E-state index in [-0.39, 0.29) is 12.8 Å². The summed E-state index contributed by atoms with van der Waals surface area (Å²) >= 11 is 0. The van der Waals surface area contributed by atoms with Crippen molar-refractivity contribution in [2.75, 3.05) is 13.2 Å².